The Kier molecular flexibility index (Phi) is 8.32. The van der Waals surface area contributed by atoms with Crippen LogP contribution < -0.4 is 0 Å². The van der Waals surface area contributed by atoms with Crippen molar-refractivity contribution in [2.45, 2.75) is 71.6 Å². The molecule has 39 heavy (non-hydrogen) atoms. The maximum Gasteiger partial charge on any atom is 0.0308 e. The van der Waals surface area contributed by atoms with Gasteiger partial charge in [0.2, 0.25) is 0 Å². The minimum Gasteiger partial charge on any atom is -0.0995 e. The van der Waals surface area contributed by atoms with E-state index in [-0.39, 0.29) is 0 Å². The number of aryl methyl sites for hydroxylation is 2. The van der Waals surface area contributed by atoms with Crippen LogP contribution in [0.15, 0.2) is 115 Å². The summed E-state index contributed by atoms with van der Waals surface area (Å²) in [5.74, 6) is 0.306. The van der Waals surface area contributed by atoms with Crippen molar-refractivity contribution >= 4 is 11.1 Å². The lowest BCUT2D eigenvalue weighted by Crippen LogP contribution is -2.06. The third-order valence-electron chi connectivity index (χ3n) is 8.63. The molecule has 0 bridgehead atoms. The SMILES string of the molecule is C=C(C/C=C1\C(=C)Cc2ccccc21)CCC1=CC=C(c2cc(CC)c(CC)c(CC)c2)C1c1ccccc1. The number of hydrogen-bond acceptors (Lipinski definition) is 0. The van der Waals surface area contributed by atoms with Crippen LogP contribution in [0.5, 0.6) is 0 Å². The first-order chi connectivity index (χ1) is 19.0. The molecule has 0 heteroatoms. The number of benzene rings is 3. The Morgan fingerprint density at radius 1 is 0.872 bits per heavy atom. The lowest BCUT2D eigenvalue weighted by molar-refractivity contribution is 0.844. The predicted octanol–water partition coefficient (Wildman–Crippen LogP) is 10.4. The van der Waals surface area contributed by atoms with Gasteiger partial charge in [-0.25, -0.2) is 0 Å². The van der Waals surface area contributed by atoms with E-state index in [2.05, 4.69) is 119 Å². The molecule has 5 rings (SSSR count). The molecule has 2 aliphatic carbocycles. The van der Waals surface area contributed by atoms with Gasteiger partial charge in [-0.15, -0.1) is 0 Å². The molecule has 0 aromatic heterocycles. The van der Waals surface area contributed by atoms with Crippen LogP contribution in [0.2, 0.25) is 0 Å². The highest BCUT2D eigenvalue weighted by atomic mass is 14.3. The number of hydrogen-bond donors (Lipinski definition) is 0. The van der Waals surface area contributed by atoms with E-state index in [0.29, 0.717) is 5.92 Å². The quantitative estimate of drug-likeness (QED) is 0.238. The van der Waals surface area contributed by atoms with Crippen LogP contribution in [-0.2, 0) is 25.7 Å². The van der Waals surface area contributed by atoms with E-state index in [4.69, 9.17) is 0 Å². The standard InChI is InChI=1S/C39H42/c1-6-29-25-34(26-30(7-2)35(29)8-3)38-23-21-32(39(38)31-14-10-9-11-15-31)20-18-27(4)19-22-36-28(5)24-33-16-12-13-17-37(33)36/h9-17,21-23,25-26,39H,4-8,18-20,24H2,1-3H3/b36-22+. The Morgan fingerprint density at radius 3 is 2.26 bits per heavy atom. The molecule has 2 aliphatic rings. The minimum absolute atomic E-state index is 0.306. The van der Waals surface area contributed by atoms with Crippen molar-refractivity contribution < 1.29 is 0 Å². The second kappa shape index (κ2) is 12.0. The highest BCUT2D eigenvalue weighted by molar-refractivity contribution is 5.85. The van der Waals surface area contributed by atoms with Gasteiger partial charge in [0.05, 0.1) is 0 Å². The summed E-state index contributed by atoms with van der Waals surface area (Å²) >= 11 is 0. The molecule has 1 unspecified atom stereocenters. The Morgan fingerprint density at radius 2 is 1.56 bits per heavy atom. The Bertz CT molecular complexity index is 1450. The van der Waals surface area contributed by atoms with Gasteiger partial charge in [0.25, 0.3) is 0 Å². The summed E-state index contributed by atoms with van der Waals surface area (Å²) in [6.45, 7) is 15.7. The zero-order valence-corrected chi connectivity index (χ0v) is 24.0. The normalized spacial score (nSPS) is 17.4. The molecule has 3 aromatic rings. The second-order valence-corrected chi connectivity index (χ2v) is 11.1. The lowest BCUT2D eigenvalue weighted by Gasteiger charge is -2.23. The lowest BCUT2D eigenvalue weighted by atomic mass is 9.81. The van der Waals surface area contributed by atoms with Gasteiger partial charge in [0.1, 0.15) is 0 Å². The summed E-state index contributed by atoms with van der Waals surface area (Å²) in [5.41, 5.74) is 16.8. The van der Waals surface area contributed by atoms with Crippen molar-refractivity contribution in [3.8, 4) is 0 Å². The summed E-state index contributed by atoms with van der Waals surface area (Å²) in [6, 6.07) is 24.7. The van der Waals surface area contributed by atoms with Gasteiger partial charge in [-0.3, -0.25) is 0 Å². The highest BCUT2D eigenvalue weighted by Crippen LogP contribution is 2.45. The Balaban J connectivity index is 1.35. The summed E-state index contributed by atoms with van der Waals surface area (Å²) in [5, 5.41) is 0. The van der Waals surface area contributed by atoms with Gasteiger partial charge < -0.3 is 0 Å². The number of allylic oxidation sites excluding steroid dienone is 8. The summed E-state index contributed by atoms with van der Waals surface area (Å²) in [4.78, 5) is 0. The zero-order valence-electron chi connectivity index (χ0n) is 24.0. The highest BCUT2D eigenvalue weighted by Gasteiger charge is 2.27. The van der Waals surface area contributed by atoms with Crippen LogP contribution in [0.25, 0.3) is 11.1 Å². The molecule has 0 aliphatic heterocycles. The van der Waals surface area contributed by atoms with E-state index in [1.807, 2.05) is 0 Å². The van der Waals surface area contributed by atoms with Crippen molar-refractivity contribution in [1.82, 2.24) is 0 Å². The van der Waals surface area contributed by atoms with Crippen molar-refractivity contribution in [2.24, 2.45) is 0 Å². The third-order valence-corrected chi connectivity index (χ3v) is 8.63. The van der Waals surface area contributed by atoms with Gasteiger partial charge in [-0.2, -0.15) is 0 Å². The van der Waals surface area contributed by atoms with Crippen LogP contribution in [0.1, 0.15) is 84.9 Å². The van der Waals surface area contributed by atoms with E-state index < -0.39 is 0 Å². The van der Waals surface area contributed by atoms with E-state index in [0.717, 1.165) is 44.9 Å². The predicted molar refractivity (Wildman–Crippen MR) is 170 cm³/mol. The molecule has 0 radical (unpaired) electrons. The van der Waals surface area contributed by atoms with E-state index in [9.17, 15) is 0 Å². The molecular weight excluding hydrogens is 468 g/mol. The fourth-order valence-electron chi connectivity index (χ4n) is 6.54. The molecule has 0 fully saturated rings. The van der Waals surface area contributed by atoms with Gasteiger partial charge in [-0.1, -0.05) is 130 Å². The third kappa shape index (κ3) is 5.57. The van der Waals surface area contributed by atoms with Gasteiger partial charge in [0, 0.05) is 5.92 Å². The number of rotatable bonds is 10. The molecule has 0 heterocycles. The second-order valence-electron chi connectivity index (χ2n) is 11.1. The number of fused-ring (bicyclic) bond motifs is 1. The zero-order chi connectivity index (χ0) is 27.4. The van der Waals surface area contributed by atoms with Gasteiger partial charge in [0.15, 0.2) is 0 Å². The average molecular weight is 511 g/mol. The van der Waals surface area contributed by atoms with E-state index >= 15 is 0 Å². The summed E-state index contributed by atoms with van der Waals surface area (Å²) in [7, 11) is 0. The van der Waals surface area contributed by atoms with Crippen LogP contribution in [0, 0.1) is 0 Å². The van der Waals surface area contributed by atoms with Gasteiger partial charge in [-0.05, 0) is 101 Å². The molecule has 0 spiro atoms. The first kappa shape index (κ1) is 26.9. The van der Waals surface area contributed by atoms with Crippen LogP contribution in [-0.4, -0.2) is 0 Å². The van der Waals surface area contributed by atoms with Crippen molar-refractivity contribution in [3.05, 3.63) is 154 Å². The van der Waals surface area contributed by atoms with Crippen LogP contribution in [0.3, 0.4) is 0 Å². The van der Waals surface area contributed by atoms with Crippen molar-refractivity contribution in [1.29, 1.82) is 0 Å². The average Bonchev–Trinajstić information content (AvgIpc) is 3.54. The Labute approximate surface area is 236 Å². The smallest absolute Gasteiger partial charge is 0.0308 e. The van der Waals surface area contributed by atoms with E-state index in [1.165, 1.54) is 61.2 Å². The first-order valence-electron chi connectivity index (χ1n) is 14.8. The maximum atomic E-state index is 4.48. The van der Waals surface area contributed by atoms with Crippen molar-refractivity contribution in [2.75, 3.05) is 0 Å². The molecule has 3 aromatic carbocycles. The fourth-order valence-corrected chi connectivity index (χ4v) is 6.54. The molecular formula is C39H42. The molecule has 0 N–H and O–H groups in total. The summed E-state index contributed by atoms with van der Waals surface area (Å²) < 4.78 is 0. The van der Waals surface area contributed by atoms with Crippen LogP contribution >= 0.6 is 0 Å². The maximum absolute atomic E-state index is 4.48. The van der Waals surface area contributed by atoms with E-state index in [1.54, 1.807) is 5.56 Å². The minimum atomic E-state index is 0.306. The fraction of sp³-hybridized carbons (Fsp3) is 0.282. The first-order valence-corrected chi connectivity index (χ1v) is 14.8. The largest absolute Gasteiger partial charge is 0.0995 e. The summed E-state index contributed by atoms with van der Waals surface area (Å²) in [6.07, 6.45) is 14.3. The molecule has 1 atom stereocenters. The van der Waals surface area contributed by atoms with Crippen LogP contribution in [0.4, 0.5) is 0 Å². The van der Waals surface area contributed by atoms with Crippen molar-refractivity contribution in [3.63, 3.8) is 0 Å². The molecule has 0 amide bonds. The Hall–Kier alpha value is -3.64. The van der Waals surface area contributed by atoms with Gasteiger partial charge >= 0.3 is 0 Å². The molecule has 198 valence electrons. The monoisotopic (exact) mass is 510 g/mol. The topological polar surface area (TPSA) is 0 Å². The molecule has 0 saturated heterocycles. The molecule has 0 nitrogen and oxygen atoms in total. The molecule has 0 saturated carbocycles.